The summed E-state index contributed by atoms with van der Waals surface area (Å²) in [6.45, 7) is 0.377. The molecule has 4 N–H and O–H groups in total. The lowest BCUT2D eigenvalue weighted by Crippen LogP contribution is -2.42. The summed E-state index contributed by atoms with van der Waals surface area (Å²) in [5.41, 5.74) is 4.06. The van der Waals surface area contributed by atoms with Crippen molar-refractivity contribution in [1.29, 1.82) is 0 Å². The van der Waals surface area contributed by atoms with Gasteiger partial charge in [0.05, 0.1) is 13.7 Å². The monoisotopic (exact) mass is 331 g/mol. The molecule has 0 aliphatic heterocycles. The molecule has 0 aliphatic carbocycles. The van der Waals surface area contributed by atoms with E-state index in [4.69, 9.17) is 20.3 Å². The van der Waals surface area contributed by atoms with Crippen molar-refractivity contribution >= 4 is 5.91 Å². The first-order valence-electron chi connectivity index (χ1n) is 7.54. The van der Waals surface area contributed by atoms with Crippen LogP contribution in [0.3, 0.4) is 0 Å². The molecule has 6 heteroatoms. The van der Waals surface area contributed by atoms with E-state index in [1.807, 2.05) is 0 Å². The van der Waals surface area contributed by atoms with Crippen molar-refractivity contribution in [2.45, 2.75) is 12.0 Å². The summed E-state index contributed by atoms with van der Waals surface area (Å²) >= 11 is 0. The lowest BCUT2D eigenvalue weighted by atomic mass is 9.85. The molecule has 0 saturated heterocycles. The maximum absolute atomic E-state index is 12.0. The lowest BCUT2D eigenvalue weighted by molar-refractivity contribution is -0.133. The molecule has 6 nitrogen and oxygen atoms in total. The van der Waals surface area contributed by atoms with Crippen LogP contribution >= 0.6 is 0 Å². The zero-order chi connectivity index (χ0) is 17.6. The average molecular weight is 331 g/mol. The summed E-state index contributed by atoms with van der Waals surface area (Å²) in [7, 11) is 1.43. The maximum Gasteiger partial charge on any atom is 0.258 e. The minimum Gasteiger partial charge on any atom is -0.496 e. The van der Waals surface area contributed by atoms with Gasteiger partial charge in [0, 0.05) is 24.7 Å². The summed E-state index contributed by atoms with van der Waals surface area (Å²) in [5.74, 6) is -0.119. The molecule has 1 atom stereocenters. The van der Waals surface area contributed by atoms with Gasteiger partial charge in [0.25, 0.3) is 5.91 Å². The molecule has 0 fully saturated rings. The third-order valence-corrected chi connectivity index (χ3v) is 3.68. The van der Waals surface area contributed by atoms with Crippen molar-refractivity contribution in [3.05, 3.63) is 59.7 Å². The Hall–Kier alpha value is -2.57. The highest BCUT2D eigenvalue weighted by Crippen LogP contribution is 2.37. The van der Waals surface area contributed by atoms with Crippen LogP contribution in [0.25, 0.3) is 0 Å². The van der Waals surface area contributed by atoms with E-state index in [-0.39, 0.29) is 17.9 Å². The van der Waals surface area contributed by atoms with Crippen molar-refractivity contribution in [2.75, 3.05) is 20.3 Å². The van der Waals surface area contributed by atoms with Gasteiger partial charge >= 0.3 is 0 Å². The van der Waals surface area contributed by atoms with Gasteiger partial charge in [-0.25, -0.2) is 0 Å². The van der Waals surface area contributed by atoms with E-state index >= 15 is 0 Å². The third-order valence-electron chi connectivity index (χ3n) is 3.68. The lowest BCUT2D eigenvalue weighted by Gasteiger charge is -2.27. The summed E-state index contributed by atoms with van der Waals surface area (Å²) in [6.07, 6.45) is 0.499. The van der Waals surface area contributed by atoms with Gasteiger partial charge < -0.3 is 25.4 Å². The first-order chi connectivity index (χ1) is 11.5. The minimum atomic E-state index is -2.02. The number of methoxy groups -OCH3 is 1. The molecule has 0 aromatic heterocycles. The molecule has 1 unspecified atom stereocenters. The first kappa shape index (κ1) is 17.8. The number of benzene rings is 2. The normalized spacial score (nSPS) is 13.1. The first-order valence-corrected chi connectivity index (χ1v) is 7.54. The Morgan fingerprint density at radius 2 is 1.92 bits per heavy atom. The third kappa shape index (κ3) is 3.50. The summed E-state index contributed by atoms with van der Waals surface area (Å²) in [4.78, 5) is 12.0. The van der Waals surface area contributed by atoms with Crippen molar-refractivity contribution in [2.24, 2.45) is 5.73 Å². The molecule has 24 heavy (non-hydrogen) atoms. The molecule has 0 spiro atoms. The molecule has 0 saturated carbocycles. The van der Waals surface area contributed by atoms with Gasteiger partial charge in [-0.15, -0.1) is 0 Å². The smallest absolute Gasteiger partial charge is 0.258 e. The molecule has 0 heterocycles. The highest BCUT2D eigenvalue weighted by molar-refractivity contribution is 5.89. The Bertz CT molecular complexity index is 689. The summed E-state index contributed by atoms with van der Waals surface area (Å²) in [5, 5.41) is 19.8. The zero-order valence-corrected chi connectivity index (χ0v) is 13.4. The Morgan fingerprint density at radius 1 is 1.21 bits per heavy atom. The standard InChI is InChI=1S/C18H21NO5/c1-23-16-12-14(24-11-5-10-20)8-9-15(16)18(22,17(19)21)13-6-3-2-4-7-13/h2-4,6-9,12,20,22H,5,10-11H2,1H3,(H2,19,21). The number of nitrogens with two attached hydrogens (primary N) is 1. The van der Waals surface area contributed by atoms with Gasteiger partial charge in [-0.3, -0.25) is 4.79 Å². The van der Waals surface area contributed by atoms with Gasteiger partial charge in [-0.05, 0) is 17.7 Å². The number of hydrogen-bond donors (Lipinski definition) is 3. The predicted octanol–water partition coefficient (Wildman–Crippen LogP) is 1.18. The molecule has 0 bridgehead atoms. The Balaban J connectivity index is 2.46. The number of carbonyl (C=O) groups excluding carboxylic acids is 1. The minimum absolute atomic E-state index is 0.0324. The number of amides is 1. The molecule has 2 rings (SSSR count). The van der Waals surface area contributed by atoms with Gasteiger partial charge in [-0.1, -0.05) is 30.3 Å². The number of aliphatic hydroxyl groups excluding tert-OH is 1. The number of rotatable bonds is 8. The van der Waals surface area contributed by atoms with Crippen LogP contribution < -0.4 is 15.2 Å². The molecule has 2 aromatic carbocycles. The summed E-state index contributed by atoms with van der Waals surface area (Å²) in [6, 6.07) is 13.2. The highest BCUT2D eigenvalue weighted by atomic mass is 16.5. The number of aliphatic hydroxyl groups is 2. The van der Waals surface area contributed by atoms with Crippen molar-refractivity contribution < 1.29 is 24.5 Å². The van der Waals surface area contributed by atoms with Crippen molar-refractivity contribution in [3.63, 3.8) is 0 Å². The Labute approximate surface area is 140 Å². The topological polar surface area (TPSA) is 102 Å². The van der Waals surface area contributed by atoms with Gasteiger partial charge in [0.2, 0.25) is 0 Å². The summed E-state index contributed by atoms with van der Waals surface area (Å²) < 4.78 is 10.8. The predicted molar refractivity (Wildman–Crippen MR) is 88.8 cm³/mol. The van der Waals surface area contributed by atoms with Crippen LogP contribution in [-0.2, 0) is 10.4 Å². The molecular formula is C18H21NO5. The molecule has 0 aliphatic rings. The fourth-order valence-corrected chi connectivity index (χ4v) is 2.42. The Morgan fingerprint density at radius 3 is 2.50 bits per heavy atom. The molecule has 0 radical (unpaired) electrons. The second-order valence-electron chi connectivity index (χ2n) is 5.23. The quantitative estimate of drug-likeness (QED) is 0.630. The largest absolute Gasteiger partial charge is 0.496 e. The average Bonchev–Trinajstić information content (AvgIpc) is 2.61. The van der Waals surface area contributed by atoms with Crippen molar-refractivity contribution in [3.8, 4) is 11.5 Å². The Kier molecular flexibility index (Phi) is 5.78. The fraction of sp³-hybridized carbons (Fsp3) is 0.278. The van der Waals surface area contributed by atoms with E-state index in [0.29, 0.717) is 24.3 Å². The van der Waals surface area contributed by atoms with Crippen LogP contribution in [0.4, 0.5) is 0 Å². The molecular weight excluding hydrogens is 310 g/mol. The van der Waals surface area contributed by atoms with Gasteiger partial charge in [0.15, 0.2) is 5.60 Å². The van der Waals surface area contributed by atoms with Crippen LogP contribution in [-0.4, -0.2) is 36.4 Å². The molecule has 1 amide bonds. The van der Waals surface area contributed by atoms with Crippen LogP contribution in [0.15, 0.2) is 48.5 Å². The van der Waals surface area contributed by atoms with E-state index in [1.54, 1.807) is 48.5 Å². The SMILES string of the molecule is COc1cc(OCCCO)ccc1C(O)(C(N)=O)c1ccccc1. The fourth-order valence-electron chi connectivity index (χ4n) is 2.42. The number of primary amides is 1. The van der Waals surface area contributed by atoms with E-state index in [1.165, 1.54) is 7.11 Å². The number of ether oxygens (including phenoxy) is 2. The molecule has 2 aromatic rings. The number of carbonyl (C=O) groups is 1. The maximum atomic E-state index is 12.0. The van der Waals surface area contributed by atoms with Crippen LogP contribution in [0.5, 0.6) is 11.5 Å². The van der Waals surface area contributed by atoms with E-state index in [2.05, 4.69) is 0 Å². The highest BCUT2D eigenvalue weighted by Gasteiger charge is 2.40. The van der Waals surface area contributed by atoms with E-state index < -0.39 is 11.5 Å². The zero-order valence-electron chi connectivity index (χ0n) is 13.4. The number of hydrogen-bond acceptors (Lipinski definition) is 5. The second-order valence-corrected chi connectivity index (χ2v) is 5.23. The van der Waals surface area contributed by atoms with Crippen LogP contribution in [0.2, 0.25) is 0 Å². The second kappa shape index (κ2) is 7.81. The van der Waals surface area contributed by atoms with Gasteiger partial charge in [-0.2, -0.15) is 0 Å². The van der Waals surface area contributed by atoms with Crippen LogP contribution in [0.1, 0.15) is 17.5 Å². The van der Waals surface area contributed by atoms with Crippen molar-refractivity contribution in [1.82, 2.24) is 0 Å². The van der Waals surface area contributed by atoms with E-state index in [0.717, 1.165) is 0 Å². The van der Waals surface area contributed by atoms with E-state index in [9.17, 15) is 9.90 Å². The van der Waals surface area contributed by atoms with Crippen LogP contribution in [0, 0.1) is 0 Å². The molecule has 128 valence electrons. The van der Waals surface area contributed by atoms with Gasteiger partial charge in [0.1, 0.15) is 11.5 Å².